The van der Waals surface area contributed by atoms with E-state index in [1.807, 2.05) is 6.92 Å². The summed E-state index contributed by atoms with van der Waals surface area (Å²) in [6.07, 6.45) is 4.20. The molecule has 2 aromatic rings. The largest absolute Gasteiger partial charge is 0.393 e. The van der Waals surface area contributed by atoms with Gasteiger partial charge in [-0.15, -0.1) is 0 Å². The van der Waals surface area contributed by atoms with Gasteiger partial charge in [0.05, 0.1) is 17.7 Å². The molecule has 8 heteroatoms. The van der Waals surface area contributed by atoms with Gasteiger partial charge in [0.25, 0.3) is 5.91 Å². The van der Waals surface area contributed by atoms with Gasteiger partial charge in [0, 0.05) is 12.2 Å². The first-order chi connectivity index (χ1) is 12.9. The Bertz CT molecular complexity index is 799. The number of primary amides is 1. The number of benzene rings is 1. The maximum Gasteiger partial charge on any atom is 0.254 e. The molecule has 0 aliphatic heterocycles. The zero-order valence-electron chi connectivity index (χ0n) is 15.2. The Balaban J connectivity index is 1.78. The Morgan fingerprint density at radius 1 is 1.33 bits per heavy atom. The monoisotopic (exact) mass is 373 g/mol. The average molecular weight is 373 g/mol. The molecule has 1 saturated carbocycles. The third kappa shape index (κ3) is 4.91. The van der Waals surface area contributed by atoms with E-state index < -0.39 is 5.91 Å². The average Bonchev–Trinajstić information content (AvgIpc) is 2.62. The molecule has 0 saturated heterocycles. The second-order valence-corrected chi connectivity index (χ2v) is 6.90. The Kier molecular flexibility index (Phi) is 5.85. The van der Waals surface area contributed by atoms with Crippen LogP contribution in [0.5, 0.6) is 0 Å². The molecule has 1 amide bonds. The lowest BCUT2D eigenvalue weighted by Crippen LogP contribution is -2.31. The van der Waals surface area contributed by atoms with Gasteiger partial charge in [-0.1, -0.05) is 12.1 Å². The first kappa shape index (κ1) is 19.0. The highest BCUT2D eigenvalue weighted by Gasteiger charge is 2.23. The summed E-state index contributed by atoms with van der Waals surface area (Å²) in [6, 6.07) is 6.02. The minimum atomic E-state index is -0.619. The number of aliphatic hydroxyl groups is 1. The van der Waals surface area contributed by atoms with Gasteiger partial charge in [-0.3, -0.25) is 4.79 Å². The van der Waals surface area contributed by atoms with E-state index in [0.29, 0.717) is 18.2 Å². The summed E-state index contributed by atoms with van der Waals surface area (Å²) in [7, 11) is 0. The van der Waals surface area contributed by atoms with Crippen LogP contribution in [0.15, 0.2) is 30.5 Å². The van der Waals surface area contributed by atoms with Crippen LogP contribution in [0.3, 0.4) is 0 Å². The maximum absolute atomic E-state index is 13.1. The molecule has 1 aliphatic carbocycles. The highest BCUT2D eigenvalue weighted by molar-refractivity contribution is 5.97. The molecule has 1 aliphatic rings. The van der Waals surface area contributed by atoms with E-state index in [1.165, 1.54) is 18.3 Å². The van der Waals surface area contributed by atoms with Crippen LogP contribution in [0, 0.1) is 5.82 Å². The standard InChI is InChI=1S/C19H24FN5O2/c1-11(12-5-7-13(20)8-6-12)23-19-22-10-16(17(21)27)18(25-19)24-14-3-2-4-15(26)9-14/h5-8,10-11,14-15,26H,2-4,9H2,1H3,(H2,21,27)(H2,22,23,24,25)/t11-,14-,15+/m1/s1. The van der Waals surface area contributed by atoms with Gasteiger partial charge < -0.3 is 21.5 Å². The van der Waals surface area contributed by atoms with E-state index >= 15 is 0 Å². The fourth-order valence-electron chi connectivity index (χ4n) is 3.26. The Hall–Kier alpha value is -2.74. The number of amides is 1. The van der Waals surface area contributed by atoms with Gasteiger partial charge in [0.1, 0.15) is 11.6 Å². The molecule has 3 atom stereocenters. The lowest BCUT2D eigenvalue weighted by atomic mass is 9.93. The SMILES string of the molecule is C[C@@H](Nc1ncc(C(N)=O)c(N[C@@H]2CCC[C@H](O)C2)n1)c1ccc(F)cc1. The topological polar surface area (TPSA) is 113 Å². The molecule has 0 spiro atoms. The van der Waals surface area contributed by atoms with Crippen molar-refractivity contribution in [1.29, 1.82) is 0 Å². The lowest BCUT2D eigenvalue weighted by molar-refractivity contribution is 0.100. The Morgan fingerprint density at radius 2 is 2.07 bits per heavy atom. The van der Waals surface area contributed by atoms with Gasteiger partial charge >= 0.3 is 0 Å². The van der Waals surface area contributed by atoms with Crippen LogP contribution in [0.2, 0.25) is 0 Å². The van der Waals surface area contributed by atoms with Crippen molar-refractivity contribution < 1.29 is 14.3 Å². The van der Waals surface area contributed by atoms with Crippen molar-refractivity contribution >= 4 is 17.7 Å². The number of halogens is 1. The fourth-order valence-corrected chi connectivity index (χ4v) is 3.26. The number of aliphatic hydroxyl groups excluding tert-OH is 1. The van der Waals surface area contributed by atoms with Crippen molar-refractivity contribution in [3.8, 4) is 0 Å². The number of hydrogen-bond acceptors (Lipinski definition) is 6. The summed E-state index contributed by atoms with van der Waals surface area (Å²) >= 11 is 0. The van der Waals surface area contributed by atoms with Crippen LogP contribution in [-0.4, -0.2) is 33.1 Å². The van der Waals surface area contributed by atoms with Crippen molar-refractivity contribution in [2.24, 2.45) is 5.73 Å². The molecular formula is C19H24FN5O2. The second kappa shape index (κ2) is 8.30. The first-order valence-corrected chi connectivity index (χ1v) is 9.06. The van der Waals surface area contributed by atoms with Gasteiger partial charge in [-0.2, -0.15) is 4.98 Å². The number of nitrogens with one attached hydrogen (secondary N) is 2. The van der Waals surface area contributed by atoms with Crippen LogP contribution in [0.4, 0.5) is 16.2 Å². The van der Waals surface area contributed by atoms with E-state index in [9.17, 15) is 14.3 Å². The summed E-state index contributed by atoms with van der Waals surface area (Å²) in [6.45, 7) is 1.91. The van der Waals surface area contributed by atoms with Gasteiger partial charge in [0.2, 0.25) is 5.95 Å². The third-order valence-electron chi connectivity index (χ3n) is 4.76. The fraction of sp³-hybridized carbons (Fsp3) is 0.421. The number of aromatic nitrogens is 2. The van der Waals surface area contributed by atoms with E-state index in [2.05, 4.69) is 20.6 Å². The van der Waals surface area contributed by atoms with E-state index in [4.69, 9.17) is 5.73 Å². The van der Waals surface area contributed by atoms with Crippen molar-refractivity contribution in [2.75, 3.05) is 10.6 Å². The van der Waals surface area contributed by atoms with Crippen LogP contribution < -0.4 is 16.4 Å². The molecule has 1 heterocycles. The van der Waals surface area contributed by atoms with Gasteiger partial charge in [-0.25, -0.2) is 9.37 Å². The highest BCUT2D eigenvalue weighted by Crippen LogP contribution is 2.24. The van der Waals surface area contributed by atoms with Crippen LogP contribution in [0.25, 0.3) is 0 Å². The predicted octanol–water partition coefficient (Wildman–Crippen LogP) is 2.60. The zero-order chi connectivity index (χ0) is 19.4. The minimum Gasteiger partial charge on any atom is -0.393 e. The molecule has 1 aromatic heterocycles. The molecule has 1 fully saturated rings. The van der Waals surface area contributed by atoms with Gasteiger partial charge in [0.15, 0.2) is 0 Å². The minimum absolute atomic E-state index is 0.0177. The number of nitrogens with zero attached hydrogens (tertiary/aromatic N) is 2. The Morgan fingerprint density at radius 3 is 2.74 bits per heavy atom. The normalized spacial score (nSPS) is 20.7. The molecule has 3 rings (SSSR count). The van der Waals surface area contributed by atoms with E-state index in [0.717, 1.165) is 24.8 Å². The summed E-state index contributed by atoms with van der Waals surface area (Å²) in [5.74, 6) is -0.234. The number of nitrogens with two attached hydrogens (primary N) is 1. The number of anilines is 2. The number of hydrogen-bond donors (Lipinski definition) is 4. The number of carbonyl (C=O) groups excluding carboxylic acids is 1. The number of rotatable bonds is 6. The van der Waals surface area contributed by atoms with Crippen molar-refractivity contribution in [3.05, 3.63) is 47.4 Å². The molecule has 27 heavy (non-hydrogen) atoms. The van der Waals surface area contributed by atoms with Crippen LogP contribution in [-0.2, 0) is 0 Å². The second-order valence-electron chi connectivity index (χ2n) is 6.90. The molecule has 0 bridgehead atoms. The third-order valence-corrected chi connectivity index (χ3v) is 4.76. The van der Waals surface area contributed by atoms with Crippen LogP contribution >= 0.6 is 0 Å². The summed E-state index contributed by atoms with van der Waals surface area (Å²) in [5, 5.41) is 16.2. The molecular weight excluding hydrogens is 349 g/mol. The predicted molar refractivity (Wildman–Crippen MR) is 101 cm³/mol. The quantitative estimate of drug-likeness (QED) is 0.619. The van der Waals surface area contributed by atoms with Crippen molar-refractivity contribution in [1.82, 2.24) is 9.97 Å². The molecule has 5 N–H and O–H groups in total. The van der Waals surface area contributed by atoms with Crippen molar-refractivity contribution in [2.45, 2.75) is 50.8 Å². The zero-order valence-corrected chi connectivity index (χ0v) is 15.2. The molecule has 7 nitrogen and oxygen atoms in total. The molecule has 0 radical (unpaired) electrons. The highest BCUT2D eigenvalue weighted by atomic mass is 19.1. The maximum atomic E-state index is 13.1. The molecule has 144 valence electrons. The summed E-state index contributed by atoms with van der Waals surface area (Å²) < 4.78 is 13.1. The summed E-state index contributed by atoms with van der Waals surface area (Å²) in [5.41, 5.74) is 6.52. The van der Waals surface area contributed by atoms with Gasteiger partial charge in [-0.05, 0) is 50.3 Å². The smallest absolute Gasteiger partial charge is 0.254 e. The Labute approximate surface area is 157 Å². The molecule has 0 unspecified atom stereocenters. The number of carbonyl (C=O) groups is 1. The van der Waals surface area contributed by atoms with E-state index in [-0.39, 0.29) is 29.6 Å². The lowest BCUT2D eigenvalue weighted by Gasteiger charge is -2.27. The van der Waals surface area contributed by atoms with E-state index in [1.54, 1.807) is 12.1 Å². The summed E-state index contributed by atoms with van der Waals surface area (Å²) in [4.78, 5) is 20.3. The van der Waals surface area contributed by atoms with Crippen molar-refractivity contribution in [3.63, 3.8) is 0 Å². The molecule has 1 aromatic carbocycles. The first-order valence-electron chi connectivity index (χ1n) is 9.06. The van der Waals surface area contributed by atoms with Crippen LogP contribution in [0.1, 0.15) is 54.6 Å².